The molecule has 8 N–H and O–H groups in total. The fourth-order valence-corrected chi connectivity index (χ4v) is 3.42. The maximum atomic E-state index is 12.2. The van der Waals surface area contributed by atoms with E-state index in [1.165, 1.54) is 48.5 Å². The van der Waals surface area contributed by atoms with Gasteiger partial charge in [0.25, 0.3) is 10.2 Å². The summed E-state index contributed by atoms with van der Waals surface area (Å²) in [6, 6.07) is 10.0. The second-order valence-corrected chi connectivity index (χ2v) is 8.08. The van der Waals surface area contributed by atoms with Crippen LogP contribution < -0.4 is 25.6 Å². The predicted octanol–water partition coefficient (Wildman–Crippen LogP) is -0.337. The van der Waals surface area contributed by atoms with Crippen molar-refractivity contribution in [3.63, 3.8) is 0 Å². The van der Waals surface area contributed by atoms with E-state index in [9.17, 15) is 22.8 Å². The SMILES string of the molecule is NC(N)=Nc1ccc(C(=O)Oc2ccc(CNS(=O)(=O)NC(CC(=O)O)C(=O)O)cc2)cc1. The average molecular weight is 479 g/mol. The molecule has 0 bridgehead atoms. The van der Waals surface area contributed by atoms with Gasteiger partial charge in [-0.2, -0.15) is 17.9 Å². The van der Waals surface area contributed by atoms with E-state index in [4.69, 9.17) is 26.4 Å². The zero-order chi connectivity index (χ0) is 24.6. The van der Waals surface area contributed by atoms with E-state index in [2.05, 4.69) is 9.71 Å². The molecule has 0 fully saturated rings. The summed E-state index contributed by atoms with van der Waals surface area (Å²) in [4.78, 5) is 37.7. The van der Waals surface area contributed by atoms with Crippen LogP contribution >= 0.6 is 0 Å². The molecule has 0 saturated carbocycles. The molecule has 0 aliphatic rings. The summed E-state index contributed by atoms with van der Waals surface area (Å²) in [7, 11) is -4.30. The van der Waals surface area contributed by atoms with Crippen LogP contribution in [0.25, 0.3) is 0 Å². The first-order valence-corrected chi connectivity index (χ1v) is 10.7. The second-order valence-electron chi connectivity index (χ2n) is 6.55. The Morgan fingerprint density at radius 3 is 2.12 bits per heavy atom. The van der Waals surface area contributed by atoms with Crippen molar-refractivity contribution in [2.24, 2.45) is 16.5 Å². The average Bonchev–Trinajstić information content (AvgIpc) is 2.72. The number of hydrogen-bond acceptors (Lipinski definition) is 7. The topological polar surface area (TPSA) is 223 Å². The largest absolute Gasteiger partial charge is 0.481 e. The second kappa shape index (κ2) is 11.0. The number of carbonyl (C=O) groups excluding carboxylic acids is 1. The van der Waals surface area contributed by atoms with Gasteiger partial charge in [0.2, 0.25) is 0 Å². The number of benzene rings is 2. The van der Waals surface area contributed by atoms with Gasteiger partial charge < -0.3 is 26.4 Å². The number of nitrogens with two attached hydrogens (primary N) is 2. The van der Waals surface area contributed by atoms with Gasteiger partial charge in [-0.05, 0) is 42.0 Å². The van der Waals surface area contributed by atoms with Crippen molar-refractivity contribution >= 4 is 39.8 Å². The first kappa shape index (κ1) is 25.3. The third-order valence-corrected chi connectivity index (χ3v) is 5.05. The van der Waals surface area contributed by atoms with E-state index in [0.29, 0.717) is 11.3 Å². The molecule has 176 valence electrons. The molecule has 0 radical (unpaired) electrons. The number of esters is 1. The van der Waals surface area contributed by atoms with Gasteiger partial charge in [0.15, 0.2) is 5.96 Å². The van der Waals surface area contributed by atoms with Crippen LogP contribution in [0.5, 0.6) is 5.75 Å². The summed E-state index contributed by atoms with van der Waals surface area (Å²) >= 11 is 0. The molecule has 1 atom stereocenters. The molecule has 0 spiro atoms. The molecule has 0 aromatic heterocycles. The fraction of sp³-hybridized carbons (Fsp3) is 0.158. The predicted molar refractivity (Wildman–Crippen MR) is 116 cm³/mol. The number of carboxylic acids is 2. The van der Waals surface area contributed by atoms with E-state index in [1.54, 1.807) is 4.72 Å². The fourth-order valence-electron chi connectivity index (χ4n) is 2.42. The van der Waals surface area contributed by atoms with Crippen molar-refractivity contribution in [2.45, 2.75) is 19.0 Å². The lowest BCUT2D eigenvalue weighted by atomic mass is 10.2. The minimum atomic E-state index is -4.30. The smallest absolute Gasteiger partial charge is 0.343 e. The Morgan fingerprint density at radius 2 is 1.61 bits per heavy atom. The van der Waals surface area contributed by atoms with Gasteiger partial charge in [-0.15, -0.1) is 0 Å². The number of nitrogens with zero attached hydrogens (tertiary/aromatic N) is 1. The molecule has 13 nitrogen and oxygen atoms in total. The normalized spacial score (nSPS) is 11.9. The molecule has 2 rings (SSSR count). The zero-order valence-corrected chi connectivity index (χ0v) is 17.8. The van der Waals surface area contributed by atoms with Gasteiger partial charge in [0.05, 0.1) is 17.7 Å². The standard InChI is InChI=1S/C19H21N5O8S/c20-19(21)23-13-5-3-12(4-6-13)18(29)32-14-7-1-11(2-8-14)10-22-33(30,31)24-15(17(27)28)9-16(25)26/h1-8,15,22,24H,9-10H2,(H,25,26)(H,27,28)(H4,20,21,23). The van der Waals surface area contributed by atoms with Gasteiger partial charge >= 0.3 is 17.9 Å². The number of carboxylic acid groups (broad SMARTS) is 2. The van der Waals surface area contributed by atoms with Gasteiger partial charge in [0.1, 0.15) is 11.8 Å². The van der Waals surface area contributed by atoms with E-state index >= 15 is 0 Å². The summed E-state index contributed by atoms with van der Waals surface area (Å²) in [6.45, 7) is -0.227. The summed E-state index contributed by atoms with van der Waals surface area (Å²) < 4.78 is 33.1. The number of carbonyl (C=O) groups is 3. The van der Waals surface area contributed by atoms with E-state index in [0.717, 1.165) is 0 Å². The highest BCUT2D eigenvalue weighted by molar-refractivity contribution is 7.87. The van der Waals surface area contributed by atoms with Gasteiger partial charge in [0, 0.05) is 6.54 Å². The highest BCUT2D eigenvalue weighted by Crippen LogP contribution is 2.17. The highest BCUT2D eigenvalue weighted by Gasteiger charge is 2.26. The van der Waals surface area contributed by atoms with E-state index in [-0.39, 0.29) is 23.8 Å². The molecule has 0 amide bonds. The van der Waals surface area contributed by atoms with Crippen LogP contribution in [-0.4, -0.2) is 48.5 Å². The summed E-state index contributed by atoms with van der Waals surface area (Å²) in [5, 5.41) is 17.6. The number of nitrogens with one attached hydrogen (secondary N) is 2. The third kappa shape index (κ3) is 8.56. The van der Waals surface area contributed by atoms with Crippen molar-refractivity contribution in [3.05, 3.63) is 59.7 Å². The molecule has 0 aliphatic heterocycles. The first-order chi connectivity index (χ1) is 15.4. The Hall–Kier alpha value is -4.01. The number of aliphatic carboxylic acids is 2. The minimum Gasteiger partial charge on any atom is -0.481 e. The summed E-state index contributed by atoms with van der Waals surface area (Å²) in [5.74, 6) is -3.65. The number of ether oxygens (including phenoxy) is 1. The molecule has 0 aliphatic carbocycles. The molecule has 0 saturated heterocycles. The van der Waals surface area contributed by atoms with Crippen molar-refractivity contribution < 1.29 is 37.8 Å². The Kier molecular flexibility index (Phi) is 8.44. The Bertz CT molecular complexity index is 1140. The molecule has 2 aromatic rings. The molecule has 2 aromatic carbocycles. The lowest BCUT2D eigenvalue weighted by Gasteiger charge is -2.13. The molecule has 14 heteroatoms. The van der Waals surface area contributed by atoms with Crippen LogP contribution in [-0.2, 0) is 26.3 Å². The maximum Gasteiger partial charge on any atom is 0.343 e. The molecule has 33 heavy (non-hydrogen) atoms. The summed E-state index contributed by atoms with van der Waals surface area (Å²) in [6.07, 6.45) is -0.923. The highest BCUT2D eigenvalue weighted by atomic mass is 32.2. The van der Waals surface area contributed by atoms with Crippen molar-refractivity contribution in [1.82, 2.24) is 9.44 Å². The lowest BCUT2D eigenvalue weighted by Crippen LogP contribution is -2.47. The van der Waals surface area contributed by atoms with E-state index in [1.807, 2.05) is 0 Å². The van der Waals surface area contributed by atoms with E-state index < -0.39 is 40.6 Å². The number of aliphatic imine (C=N–C) groups is 1. The number of hydrogen-bond donors (Lipinski definition) is 6. The molecule has 0 heterocycles. The van der Waals surface area contributed by atoms with Crippen molar-refractivity contribution in [2.75, 3.05) is 0 Å². The zero-order valence-electron chi connectivity index (χ0n) is 17.0. The minimum absolute atomic E-state index is 0.120. The van der Waals surface area contributed by atoms with Gasteiger partial charge in [-0.3, -0.25) is 9.59 Å². The Labute approximate surface area is 188 Å². The summed E-state index contributed by atoms with van der Waals surface area (Å²) in [5.41, 5.74) is 11.7. The van der Waals surface area contributed by atoms with Crippen LogP contribution in [0.4, 0.5) is 5.69 Å². The Balaban J connectivity index is 1.94. The van der Waals surface area contributed by atoms with Crippen molar-refractivity contribution in [1.29, 1.82) is 0 Å². The van der Waals surface area contributed by atoms with Crippen LogP contribution in [0.2, 0.25) is 0 Å². The maximum absolute atomic E-state index is 12.2. The van der Waals surface area contributed by atoms with Crippen LogP contribution in [0.15, 0.2) is 53.5 Å². The lowest BCUT2D eigenvalue weighted by molar-refractivity contribution is -0.145. The Morgan fingerprint density at radius 1 is 1.00 bits per heavy atom. The van der Waals surface area contributed by atoms with Crippen LogP contribution in [0, 0.1) is 0 Å². The van der Waals surface area contributed by atoms with Gasteiger partial charge in [-0.25, -0.2) is 9.79 Å². The van der Waals surface area contributed by atoms with Crippen LogP contribution in [0.1, 0.15) is 22.3 Å². The number of guanidine groups is 1. The molecular formula is C19H21N5O8S. The van der Waals surface area contributed by atoms with Crippen LogP contribution in [0.3, 0.4) is 0 Å². The monoisotopic (exact) mass is 479 g/mol. The van der Waals surface area contributed by atoms with Gasteiger partial charge in [-0.1, -0.05) is 12.1 Å². The quantitative estimate of drug-likeness (QED) is 0.106. The molecular weight excluding hydrogens is 458 g/mol. The third-order valence-electron chi connectivity index (χ3n) is 3.94. The first-order valence-electron chi connectivity index (χ1n) is 9.17. The van der Waals surface area contributed by atoms with Crippen molar-refractivity contribution in [3.8, 4) is 5.75 Å². The number of rotatable bonds is 11. The molecule has 1 unspecified atom stereocenters.